The molecular formula is C7H13ClO2. The van der Waals surface area contributed by atoms with E-state index >= 15 is 0 Å². The van der Waals surface area contributed by atoms with E-state index in [1.165, 1.54) is 0 Å². The molecule has 3 heteroatoms. The molecule has 10 heavy (non-hydrogen) atoms. The van der Waals surface area contributed by atoms with Crippen molar-refractivity contribution in [2.75, 3.05) is 6.07 Å². The van der Waals surface area contributed by atoms with E-state index in [4.69, 9.17) is 11.6 Å². The summed E-state index contributed by atoms with van der Waals surface area (Å²) in [6.45, 7) is 4.05. The summed E-state index contributed by atoms with van der Waals surface area (Å²) in [4.78, 5) is 10.7. The van der Waals surface area contributed by atoms with Crippen LogP contribution in [0.15, 0.2) is 0 Å². The van der Waals surface area contributed by atoms with Gasteiger partial charge in [-0.2, -0.15) is 0 Å². The van der Waals surface area contributed by atoms with Gasteiger partial charge in [0.1, 0.15) is 0 Å². The number of carbonyl (C=O) groups excluding carboxylic acids is 1. The van der Waals surface area contributed by atoms with E-state index in [0.29, 0.717) is 12.3 Å². The van der Waals surface area contributed by atoms with Gasteiger partial charge in [0.2, 0.25) is 0 Å². The second kappa shape index (κ2) is 5.54. The summed E-state index contributed by atoms with van der Waals surface area (Å²) in [5.74, 6) is 0.195. The third kappa shape index (κ3) is 4.62. The molecule has 0 saturated carbocycles. The second-order valence-corrected chi connectivity index (χ2v) is 2.56. The number of rotatable bonds is 4. The molecule has 0 saturated heterocycles. The van der Waals surface area contributed by atoms with Crippen molar-refractivity contribution in [1.82, 2.24) is 0 Å². The number of esters is 1. The molecule has 0 spiro atoms. The van der Waals surface area contributed by atoms with Gasteiger partial charge < -0.3 is 4.74 Å². The number of hydrogen-bond acceptors (Lipinski definition) is 2. The van der Waals surface area contributed by atoms with E-state index in [1.54, 1.807) is 0 Å². The summed E-state index contributed by atoms with van der Waals surface area (Å²) in [7, 11) is 0. The summed E-state index contributed by atoms with van der Waals surface area (Å²) >= 11 is 5.18. The first kappa shape index (κ1) is 9.76. The van der Waals surface area contributed by atoms with Crippen molar-refractivity contribution in [2.24, 2.45) is 5.92 Å². The number of alkyl halides is 1. The van der Waals surface area contributed by atoms with Crippen LogP contribution in [0, 0.1) is 5.92 Å². The van der Waals surface area contributed by atoms with Gasteiger partial charge in [0.15, 0.2) is 6.07 Å². The molecule has 60 valence electrons. The predicted molar refractivity (Wildman–Crippen MR) is 40.9 cm³/mol. The van der Waals surface area contributed by atoms with E-state index in [-0.39, 0.29) is 12.0 Å². The van der Waals surface area contributed by atoms with Crippen LogP contribution >= 0.6 is 11.6 Å². The number of ether oxygens (including phenoxy) is 1. The molecule has 0 N–H and O–H groups in total. The summed E-state index contributed by atoms with van der Waals surface area (Å²) < 4.78 is 4.54. The highest BCUT2D eigenvalue weighted by Crippen LogP contribution is 2.06. The van der Waals surface area contributed by atoms with Crippen molar-refractivity contribution in [1.29, 1.82) is 0 Å². The minimum absolute atomic E-state index is 0.0325. The average molecular weight is 165 g/mol. The first-order chi connectivity index (χ1) is 4.70. The lowest BCUT2D eigenvalue weighted by molar-refractivity contribution is -0.142. The lowest BCUT2D eigenvalue weighted by Gasteiger charge is -2.05. The van der Waals surface area contributed by atoms with E-state index in [0.717, 1.165) is 6.42 Å². The molecule has 0 amide bonds. The highest BCUT2D eigenvalue weighted by atomic mass is 35.5. The molecule has 0 aliphatic heterocycles. The predicted octanol–water partition coefficient (Wildman–Crippen LogP) is 2.16. The Morgan fingerprint density at radius 1 is 1.70 bits per heavy atom. The van der Waals surface area contributed by atoms with Crippen molar-refractivity contribution in [3.05, 3.63) is 0 Å². The summed E-state index contributed by atoms with van der Waals surface area (Å²) in [5, 5.41) is 0. The zero-order chi connectivity index (χ0) is 7.98. The summed E-state index contributed by atoms with van der Waals surface area (Å²) in [6.07, 6.45) is 1.47. The van der Waals surface area contributed by atoms with Crippen molar-refractivity contribution in [3.63, 3.8) is 0 Å². The van der Waals surface area contributed by atoms with E-state index in [2.05, 4.69) is 4.74 Å². The molecule has 0 unspecified atom stereocenters. The van der Waals surface area contributed by atoms with Gasteiger partial charge in [-0.1, -0.05) is 31.9 Å². The van der Waals surface area contributed by atoms with Crippen LogP contribution in [0.3, 0.4) is 0 Å². The number of carbonyl (C=O) groups is 1. The van der Waals surface area contributed by atoms with E-state index in [1.807, 2.05) is 13.8 Å². The molecule has 0 aromatic heterocycles. The zero-order valence-corrected chi connectivity index (χ0v) is 7.15. The van der Waals surface area contributed by atoms with Crippen molar-refractivity contribution in [2.45, 2.75) is 26.7 Å². The smallest absolute Gasteiger partial charge is 0.307 e. The molecule has 0 bridgehead atoms. The van der Waals surface area contributed by atoms with Crippen LogP contribution < -0.4 is 0 Å². The number of hydrogen-bond donors (Lipinski definition) is 0. The van der Waals surface area contributed by atoms with Crippen molar-refractivity contribution in [3.8, 4) is 0 Å². The van der Waals surface area contributed by atoms with Gasteiger partial charge in [-0.25, -0.2) is 0 Å². The SMILES string of the molecule is CC[C@H](C)CC(=O)OCCl. The fourth-order valence-corrected chi connectivity index (χ4v) is 0.670. The Balaban J connectivity index is 3.37. The Labute approximate surface area is 66.5 Å². The van der Waals surface area contributed by atoms with Gasteiger partial charge in [-0.05, 0) is 5.92 Å². The van der Waals surface area contributed by atoms with Gasteiger partial charge >= 0.3 is 5.97 Å². The van der Waals surface area contributed by atoms with Crippen LogP contribution in [0.4, 0.5) is 0 Å². The fraction of sp³-hybridized carbons (Fsp3) is 0.857. The van der Waals surface area contributed by atoms with Gasteiger partial charge in [0.25, 0.3) is 0 Å². The van der Waals surface area contributed by atoms with Crippen LogP contribution in [0.2, 0.25) is 0 Å². The maximum atomic E-state index is 10.7. The van der Waals surface area contributed by atoms with Gasteiger partial charge in [0.05, 0.1) is 0 Å². The lowest BCUT2D eigenvalue weighted by atomic mass is 10.1. The van der Waals surface area contributed by atoms with Crippen LogP contribution in [-0.2, 0) is 9.53 Å². The molecule has 0 radical (unpaired) electrons. The maximum absolute atomic E-state index is 10.7. The summed E-state index contributed by atoms with van der Waals surface area (Å²) in [5.41, 5.74) is 0. The topological polar surface area (TPSA) is 26.3 Å². The molecule has 0 aliphatic rings. The molecular weight excluding hydrogens is 152 g/mol. The molecule has 0 aliphatic carbocycles. The van der Waals surface area contributed by atoms with Gasteiger partial charge in [-0.15, -0.1) is 0 Å². The normalized spacial score (nSPS) is 12.7. The highest BCUT2D eigenvalue weighted by molar-refractivity contribution is 6.17. The van der Waals surface area contributed by atoms with Crippen LogP contribution in [0.1, 0.15) is 26.7 Å². The quantitative estimate of drug-likeness (QED) is 0.470. The minimum atomic E-state index is -0.204. The Hall–Kier alpha value is -0.240. The zero-order valence-electron chi connectivity index (χ0n) is 6.39. The minimum Gasteiger partial charge on any atom is -0.449 e. The van der Waals surface area contributed by atoms with E-state index < -0.39 is 0 Å². The average Bonchev–Trinajstić information content (AvgIpc) is 1.88. The summed E-state index contributed by atoms with van der Waals surface area (Å²) in [6, 6.07) is -0.0325. The maximum Gasteiger partial charge on any atom is 0.307 e. The van der Waals surface area contributed by atoms with E-state index in [9.17, 15) is 4.79 Å². The fourth-order valence-electron chi connectivity index (χ4n) is 0.549. The number of halogens is 1. The molecule has 0 rings (SSSR count). The molecule has 0 fully saturated rings. The Morgan fingerprint density at radius 2 is 2.30 bits per heavy atom. The Morgan fingerprint density at radius 3 is 2.70 bits per heavy atom. The third-order valence-electron chi connectivity index (χ3n) is 1.43. The van der Waals surface area contributed by atoms with Crippen molar-refractivity contribution >= 4 is 17.6 Å². The first-order valence-electron chi connectivity index (χ1n) is 3.42. The Bertz CT molecular complexity index is 104. The third-order valence-corrected chi connectivity index (χ3v) is 1.54. The molecule has 0 aromatic carbocycles. The van der Waals surface area contributed by atoms with Crippen LogP contribution in [0.5, 0.6) is 0 Å². The standard InChI is InChI=1S/C7H13ClO2/c1-3-6(2)4-7(9)10-5-8/h6H,3-5H2,1-2H3/t6-/m0/s1. The van der Waals surface area contributed by atoms with Gasteiger partial charge in [0, 0.05) is 6.42 Å². The molecule has 0 aromatic rings. The highest BCUT2D eigenvalue weighted by Gasteiger charge is 2.06. The lowest BCUT2D eigenvalue weighted by Crippen LogP contribution is -2.07. The molecule has 0 heterocycles. The second-order valence-electron chi connectivity index (χ2n) is 2.34. The molecule has 2 nitrogen and oxygen atoms in total. The first-order valence-corrected chi connectivity index (χ1v) is 3.95. The largest absolute Gasteiger partial charge is 0.449 e. The van der Waals surface area contributed by atoms with Crippen LogP contribution in [-0.4, -0.2) is 12.0 Å². The Kier molecular flexibility index (Phi) is 5.40. The van der Waals surface area contributed by atoms with Crippen molar-refractivity contribution < 1.29 is 9.53 Å². The molecule has 1 atom stereocenters. The monoisotopic (exact) mass is 164 g/mol. The van der Waals surface area contributed by atoms with Gasteiger partial charge in [-0.3, -0.25) is 4.79 Å². The van der Waals surface area contributed by atoms with Crippen LogP contribution in [0.25, 0.3) is 0 Å².